The van der Waals surface area contributed by atoms with E-state index in [0.29, 0.717) is 10.9 Å². The molecule has 3 heterocycles. The largest absolute Gasteiger partial charge is 0.492 e. The van der Waals surface area contributed by atoms with Crippen molar-refractivity contribution in [1.82, 2.24) is 19.5 Å². The average Bonchev–Trinajstić information content (AvgIpc) is 3.12. The highest BCUT2D eigenvalue weighted by atomic mass is 32.1. The molecule has 3 aromatic rings. The molecule has 2 atom stereocenters. The fourth-order valence-electron chi connectivity index (χ4n) is 3.54. The summed E-state index contributed by atoms with van der Waals surface area (Å²) in [5, 5.41) is 14.7. The highest BCUT2D eigenvalue weighted by Gasteiger charge is 2.31. The molecule has 5 nitrogen and oxygen atoms in total. The first-order valence-corrected chi connectivity index (χ1v) is 8.96. The Hall–Kier alpha value is -1.99. The third-order valence-corrected chi connectivity index (χ3v) is 5.69. The van der Waals surface area contributed by atoms with Gasteiger partial charge in [-0.15, -0.1) is 0 Å². The van der Waals surface area contributed by atoms with Crippen LogP contribution in [-0.4, -0.2) is 37.7 Å². The van der Waals surface area contributed by atoms with Crippen molar-refractivity contribution in [2.75, 3.05) is 13.1 Å². The van der Waals surface area contributed by atoms with E-state index < -0.39 is 0 Å². The Morgan fingerprint density at radius 1 is 1.42 bits per heavy atom. The number of hydrogen-bond acceptors (Lipinski definition) is 5. The number of piperidine rings is 1. The lowest BCUT2D eigenvalue weighted by Crippen LogP contribution is -2.37. The Morgan fingerprint density at radius 3 is 3.04 bits per heavy atom. The monoisotopic (exact) mass is 346 g/mol. The van der Waals surface area contributed by atoms with Crippen molar-refractivity contribution in [3.05, 3.63) is 46.9 Å². The topological polar surface area (TPSA) is 53.7 Å². The van der Waals surface area contributed by atoms with E-state index in [2.05, 4.69) is 21.9 Å². The first-order valence-electron chi connectivity index (χ1n) is 8.14. The maximum Gasteiger partial charge on any atom is 0.230 e. The second-order valence-corrected chi connectivity index (χ2v) is 7.45. The average molecular weight is 346 g/mol. The van der Waals surface area contributed by atoms with Gasteiger partial charge in [0.1, 0.15) is 12.1 Å². The van der Waals surface area contributed by atoms with E-state index in [4.69, 9.17) is 0 Å². The number of rotatable bonds is 3. The zero-order valence-electron chi connectivity index (χ0n) is 13.4. The van der Waals surface area contributed by atoms with Gasteiger partial charge < -0.3 is 5.11 Å². The van der Waals surface area contributed by atoms with Gasteiger partial charge in [-0.1, -0.05) is 30.4 Å². The number of benzene rings is 1. The molecule has 1 saturated heterocycles. The minimum atomic E-state index is -0.262. The van der Waals surface area contributed by atoms with Crippen LogP contribution in [0.15, 0.2) is 30.6 Å². The molecule has 1 aliphatic rings. The smallest absolute Gasteiger partial charge is 0.230 e. The van der Waals surface area contributed by atoms with Crippen LogP contribution < -0.4 is 0 Å². The molecule has 7 heteroatoms. The van der Waals surface area contributed by atoms with Gasteiger partial charge in [0.25, 0.3) is 0 Å². The summed E-state index contributed by atoms with van der Waals surface area (Å²) >= 11 is 1.41. The summed E-state index contributed by atoms with van der Waals surface area (Å²) < 4.78 is 15.3. The van der Waals surface area contributed by atoms with Gasteiger partial charge in [0.2, 0.25) is 10.8 Å². The van der Waals surface area contributed by atoms with Gasteiger partial charge in [0, 0.05) is 6.54 Å². The van der Waals surface area contributed by atoms with Crippen LogP contribution in [0.5, 0.6) is 5.88 Å². The molecule has 1 aliphatic heterocycles. The van der Waals surface area contributed by atoms with Crippen molar-refractivity contribution < 1.29 is 9.50 Å². The van der Waals surface area contributed by atoms with Crippen LogP contribution >= 0.6 is 11.3 Å². The molecule has 0 spiro atoms. The molecule has 0 unspecified atom stereocenters. The zero-order valence-corrected chi connectivity index (χ0v) is 14.2. The summed E-state index contributed by atoms with van der Waals surface area (Å²) in [6, 6.07) is 6.46. The van der Waals surface area contributed by atoms with Gasteiger partial charge >= 0.3 is 0 Å². The molecule has 0 aliphatic carbocycles. The number of aromatic hydroxyl groups is 1. The number of aromatic nitrogens is 3. The van der Waals surface area contributed by atoms with E-state index in [9.17, 15) is 9.50 Å². The third kappa shape index (κ3) is 2.67. The predicted octanol–water partition coefficient (Wildman–Crippen LogP) is 3.46. The summed E-state index contributed by atoms with van der Waals surface area (Å²) in [7, 11) is 0. The Balaban J connectivity index is 1.83. The second-order valence-electron chi connectivity index (χ2n) is 6.44. The van der Waals surface area contributed by atoms with E-state index in [1.54, 1.807) is 12.1 Å². The number of thiazole rings is 1. The van der Waals surface area contributed by atoms with Crippen molar-refractivity contribution in [2.45, 2.75) is 25.8 Å². The molecular weight excluding hydrogens is 327 g/mol. The summed E-state index contributed by atoms with van der Waals surface area (Å²) in [5.74, 6) is 0.417. The molecule has 0 saturated carbocycles. The van der Waals surface area contributed by atoms with Crippen LogP contribution in [-0.2, 0) is 0 Å². The Kier molecular flexibility index (Phi) is 3.97. The first kappa shape index (κ1) is 15.5. The van der Waals surface area contributed by atoms with Crippen LogP contribution in [0, 0.1) is 11.7 Å². The Morgan fingerprint density at radius 2 is 2.29 bits per heavy atom. The standard InChI is InChI=1S/C17H19FN4OS/c1-11-4-3-7-21(9-11)14(12-5-2-6-13(18)8-12)15-16(23)22-17(24-15)19-10-20-22/h2,5-6,8,10-11,14,23H,3-4,7,9H2,1H3/t11-,14-/m0/s1. The first-order chi connectivity index (χ1) is 11.6. The van der Waals surface area contributed by atoms with Gasteiger partial charge in [0.05, 0.1) is 10.9 Å². The summed E-state index contributed by atoms with van der Waals surface area (Å²) in [6.45, 7) is 4.09. The molecule has 0 amide bonds. The molecule has 2 aromatic heterocycles. The third-order valence-electron chi connectivity index (χ3n) is 4.61. The molecule has 0 radical (unpaired) electrons. The quantitative estimate of drug-likeness (QED) is 0.789. The van der Waals surface area contributed by atoms with E-state index in [-0.39, 0.29) is 17.7 Å². The molecule has 4 rings (SSSR count). The van der Waals surface area contributed by atoms with Crippen molar-refractivity contribution >= 4 is 16.3 Å². The lowest BCUT2D eigenvalue weighted by Gasteiger charge is -2.37. The molecule has 126 valence electrons. The highest BCUT2D eigenvalue weighted by Crippen LogP contribution is 2.41. The summed E-state index contributed by atoms with van der Waals surface area (Å²) in [5.41, 5.74) is 0.851. The molecule has 1 fully saturated rings. The highest BCUT2D eigenvalue weighted by molar-refractivity contribution is 7.17. The van der Waals surface area contributed by atoms with Crippen molar-refractivity contribution in [1.29, 1.82) is 0 Å². The van der Waals surface area contributed by atoms with Crippen LogP contribution in [0.1, 0.15) is 36.2 Å². The minimum absolute atomic E-state index is 0.0972. The lowest BCUT2D eigenvalue weighted by molar-refractivity contribution is 0.149. The summed E-state index contributed by atoms with van der Waals surface area (Å²) in [6.07, 6.45) is 3.73. The number of hydrogen-bond donors (Lipinski definition) is 1. The van der Waals surface area contributed by atoms with Crippen molar-refractivity contribution in [3.63, 3.8) is 0 Å². The lowest BCUT2D eigenvalue weighted by atomic mass is 9.95. The van der Waals surface area contributed by atoms with E-state index >= 15 is 0 Å². The molecule has 1 N–H and O–H groups in total. The number of nitrogens with zero attached hydrogens (tertiary/aromatic N) is 4. The van der Waals surface area contributed by atoms with Crippen LogP contribution in [0.25, 0.3) is 4.96 Å². The van der Waals surface area contributed by atoms with Crippen LogP contribution in [0.2, 0.25) is 0 Å². The van der Waals surface area contributed by atoms with Crippen molar-refractivity contribution in [2.24, 2.45) is 5.92 Å². The second kappa shape index (κ2) is 6.14. The normalized spacial score (nSPS) is 20.5. The zero-order chi connectivity index (χ0) is 16.7. The molecular formula is C17H19FN4OS. The van der Waals surface area contributed by atoms with Crippen LogP contribution in [0.4, 0.5) is 4.39 Å². The van der Waals surface area contributed by atoms with Gasteiger partial charge in [-0.2, -0.15) is 9.61 Å². The maximum atomic E-state index is 13.8. The number of likely N-dealkylation sites (tertiary alicyclic amines) is 1. The number of fused-ring (bicyclic) bond motifs is 1. The molecule has 1 aromatic carbocycles. The SMILES string of the molecule is C[C@H]1CCCN([C@@H](c2cccc(F)c2)c2sc3ncnn3c2O)C1. The molecule has 24 heavy (non-hydrogen) atoms. The number of halogens is 1. The fraction of sp³-hybridized carbons (Fsp3) is 0.412. The maximum absolute atomic E-state index is 13.8. The van der Waals surface area contributed by atoms with Gasteiger partial charge in [0.15, 0.2) is 0 Å². The van der Waals surface area contributed by atoms with E-state index in [0.717, 1.165) is 30.0 Å². The predicted molar refractivity (Wildman–Crippen MR) is 90.7 cm³/mol. The van der Waals surface area contributed by atoms with Crippen molar-refractivity contribution in [3.8, 4) is 5.88 Å². The van der Waals surface area contributed by atoms with Gasteiger partial charge in [-0.3, -0.25) is 4.90 Å². The Bertz CT molecular complexity index is 861. The van der Waals surface area contributed by atoms with E-state index in [1.165, 1.54) is 34.7 Å². The van der Waals surface area contributed by atoms with Gasteiger partial charge in [-0.25, -0.2) is 9.37 Å². The van der Waals surface area contributed by atoms with Gasteiger partial charge in [-0.05, 0) is 43.0 Å². The fourth-order valence-corrected chi connectivity index (χ4v) is 4.63. The minimum Gasteiger partial charge on any atom is -0.492 e. The van der Waals surface area contributed by atoms with Crippen LogP contribution in [0.3, 0.4) is 0 Å². The van der Waals surface area contributed by atoms with E-state index in [1.807, 2.05) is 6.07 Å². The summed E-state index contributed by atoms with van der Waals surface area (Å²) in [4.78, 5) is 7.91. The molecule has 0 bridgehead atoms. The Labute approximate surface area is 143 Å².